The third-order valence-corrected chi connectivity index (χ3v) is 4.04. The molecule has 0 bridgehead atoms. The predicted octanol–water partition coefficient (Wildman–Crippen LogP) is 3.06. The van der Waals surface area contributed by atoms with Crippen LogP contribution < -0.4 is 16.2 Å². The molecule has 0 unspecified atom stereocenters. The van der Waals surface area contributed by atoms with E-state index in [9.17, 15) is 4.79 Å². The van der Waals surface area contributed by atoms with Gasteiger partial charge in [-0.25, -0.2) is 0 Å². The Balaban J connectivity index is 2.10. The first-order chi connectivity index (χ1) is 10.1. The average molecular weight is 302 g/mol. The lowest BCUT2D eigenvalue weighted by atomic mass is 10.1. The van der Waals surface area contributed by atoms with E-state index in [2.05, 4.69) is 0 Å². The van der Waals surface area contributed by atoms with Crippen LogP contribution in [0.2, 0.25) is 0 Å². The van der Waals surface area contributed by atoms with Crippen LogP contribution in [0.25, 0.3) is 0 Å². The molecule has 0 heterocycles. The maximum atomic E-state index is 11.2. The van der Waals surface area contributed by atoms with Crippen LogP contribution in [-0.2, 0) is 5.75 Å². The highest BCUT2D eigenvalue weighted by atomic mass is 32.2. The zero-order chi connectivity index (χ0) is 15.2. The minimum Gasteiger partial charge on any atom is -0.494 e. The van der Waals surface area contributed by atoms with Gasteiger partial charge in [-0.15, -0.1) is 11.8 Å². The molecular formula is C16H18N2O2S. The van der Waals surface area contributed by atoms with Crippen LogP contribution in [0.15, 0.2) is 47.4 Å². The summed E-state index contributed by atoms with van der Waals surface area (Å²) in [4.78, 5) is 12.1. The average Bonchev–Trinajstić information content (AvgIpc) is 2.48. The van der Waals surface area contributed by atoms with Crippen molar-refractivity contribution in [3.8, 4) is 5.75 Å². The molecule has 4 N–H and O–H groups in total. The van der Waals surface area contributed by atoms with E-state index < -0.39 is 5.91 Å². The SMILES string of the molecule is CCOc1ccc(N)c(SCc2cccc(C(N)=O)c2)c1. The van der Waals surface area contributed by atoms with E-state index in [-0.39, 0.29) is 0 Å². The third-order valence-electron chi connectivity index (χ3n) is 2.90. The molecule has 110 valence electrons. The van der Waals surface area contributed by atoms with E-state index >= 15 is 0 Å². The lowest BCUT2D eigenvalue weighted by molar-refractivity contribution is 0.1000. The van der Waals surface area contributed by atoms with Crippen LogP contribution >= 0.6 is 11.8 Å². The molecule has 0 radical (unpaired) electrons. The fourth-order valence-corrected chi connectivity index (χ4v) is 2.81. The second kappa shape index (κ2) is 7.04. The van der Waals surface area contributed by atoms with E-state index in [4.69, 9.17) is 16.2 Å². The molecule has 2 aromatic rings. The summed E-state index contributed by atoms with van der Waals surface area (Å²) in [6, 6.07) is 12.9. The van der Waals surface area contributed by atoms with Gasteiger partial charge in [-0.3, -0.25) is 4.79 Å². The number of benzene rings is 2. The zero-order valence-corrected chi connectivity index (χ0v) is 12.7. The molecule has 0 aliphatic carbocycles. The number of nitrogens with two attached hydrogens (primary N) is 2. The molecule has 1 amide bonds. The number of rotatable bonds is 6. The second-order valence-corrected chi connectivity index (χ2v) is 5.50. The van der Waals surface area contributed by atoms with Gasteiger partial charge in [-0.1, -0.05) is 12.1 Å². The Kier molecular flexibility index (Phi) is 5.11. The number of nitrogen functional groups attached to an aromatic ring is 1. The van der Waals surface area contributed by atoms with Gasteiger partial charge in [0.25, 0.3) is 0 Å². The van der Waals surface area contributed by atoms with Crippen LogP contribution in [0.3, 0.4) is 0 Å². The largest absolute Gasteiger partial charge is 0.494 e. The molecule has 0 spiro atoms. The molecule has 4 nitrogen and oxygen atoms in total. The molecule has 2 aromatic carbocycles. The van der Waals surface area contributed by atoms with Gasteiger partial charge in [-0.2, -0.15) is 0 Å². The summed E-state index contributed by atoms with van der Waals surface area (Å²) < 4.78 is 5.47. The van der Waals surface area contributed by atoms with Gasteiger partial charge in [0, 0.05) is 21.9 Å². The minimum atomic E-state index is -0.417. The fourth-order valence-electron chi connectivity index (χ4n) is 1.87. The third kappa shape index (κ3) is 4.16. The van der Waals surface area contributed by atoms with Crippen molar-refractivity contribution >= 4 is 23.4 Å². The van der Waals surface area contributed by atoms with Crippen molar-refractivity contribution in [1.82, 2.24) is 0 Å². The molecule has 2 rings (SSSR count). The first-order valence-corrected chi connectivity index (χ1v) is 7.62. The van der Waals surface area contributed by atoms with Crippen molar-refractivity contribution in [3.05, 3.63) is 53.6 Å². The Morgan fingerprint density at radius 2 is 2.05 bits per heavy atom. The molecule has 0 fully saturated rings. The van der Waals surface area contributed by atoms with Gasteiger partial charge in [0.2, 0.25) is 5.91 Å². The van der Waals surface area contributed by atoms with Crippen molar-refractivity contribution < 1.29 is 9.53 Å². The number of anilines is 1. The molecule has 0 saturated carbocycles. The van der Waals surface area contributed by atoms with Gasteiger partial charge in [-0.05, 0) is 42.8 Å². The van der Waals surface area contributed by atoms with Gasteiger partial charge >= 0.3 is 0 Å². The Morgan fingerprint density at radius 3 is 2.76 bits per heavy atom. The minimum absolute atomic E-state index is 0.417. The normalized spacial score (nSPS) is 10.3. The lowest BCUT2D eigenvalue weighted by Gasteiger charge is -2.09. The standard InChI is InChI=1S/C16H18N2O2S/c1-2-20-13-6-7-14(17)15(9-13)21-10-11-4-3-5-12(8-11)16(18)19/h3-9H,2,10,17H2,1H3,(H2,18,19). The Bertz CT molecular complexity index is 644. The first-order valence-electron chi connectivity index (χ1n) is 6.64. The van der Waals surface area contributed by atoms with Crippen LogP contribution in [0.5, 0.6) is 5.75 Å². The summed E-state index contributed by atoms with van der Waals surface area (Å²) in [6.07, 6.45) is 0. The number of carbonyl (C=O) groups excluding carboxylic acids is 1. The molecule has 0 aliphatic heterocycles. The summed E-state index contributed by atoms with van der Waals surface area (Å²) >= 11 is 1.60. The van der Waals surface area contributed by atoms with Crippen LogP contribution in [0.1, 0.15) is 22.8 Å². The van der Waals surface area contributed by atoms with Crippen LogP contribution in [-0.4, -0.2) is 12.5 Å². The summed E-state index contributed by atoms with van der Waals surface area (Å²) in [6.45, 7) is 2.56. The molecule has 5 heteroatoms. The molecular weight excluding hydrogens is 284 g/mol. The number of primary amides is 1. The Hall–Kier alpha value is -2.14. The van der Waals surface area contributed by atoms with Gasteiger partial charge < -0.3 is 16.2 Å². The molecule has 0 aromatic heterocycles. The maximum absolute atomic E-state index is 11.2. The van der Waals surface area contributed by atoms with Crippen molar-refractivity contribution in [1.29, 1.82) is 0 Å². The van der Waals surface area contributed by atoms with E-state index in [1.807, 2.05) is 37.3 Å². The van der Waals surface area contributed by atoms with E-state index in [1.165, 1.54) is 0 Å². The first kappa shape index (κ1) is 15.3. The monoisotopic (exact) mass is 302 g/mol. The van der Waals surface area contributed by atoms with Crippen molar-refractivity contribution in [2.75, 3.05) is 12.3 Å². The highest BCUT2D eigenvalue weighted by molar-refractivity contribution is 7.98. The summed E-state index contributed by atoms with van der Waals surface area (Å²) in [7, 11) is 0. The van der Waals surface area contributed by atoms with E-state index in [0.29, 0.717) is 17.9 Å². The number of thioether (sulfide) groups is 1. The van der Waals surface area contributed by atoms with Gasteiger partial charge in [0.05, 0.1) is 6.61 Å². The Labute approximate surface area is 128 Å². The van der Waals surface area contributed by atoms with Crippen molar-refractivity contribution in [2.45, 2.75) is 17.6 Å². The highest BCUT2D eigenvalue weighted by Gasteiger charge is 2.05. The van der Waals surface area contributed by atoms with Gasteiger partial charge in [0.15, 0.2) is 0 Å². The van der Waals surface area contributed by atoms with Crippen LogP contribution in [0, 0.1) is 0 Å². The fraction of sp³-hybridized carbons (Fsp3) is 0.188. The summed E-state index contributed by atoms with van der Waals surface area (Å²) in [5, 5.41) is 0. The van der Waals surface area contributed by atoms with Crippen LogP contribution in [0.4, 0.5) is 5.69 Å². The molecule has 0 aliphatic rings. The van der Waals surface area contributed by atoms with Gasteiger partial charge in [0.1, 0.15) is 5.75 Å². The number of hydrogen-bond acceptors (Lipinski definition) is 4. The summed E-state index contributed by atoms with van der Waals surface area (Å²) in [5.41, 5.74) is 13.5. The van der Waals surface area contributed by atoms with Crippen molar-refractivity contribution in [3.63, 3.8) is 0 Å². The second-order valence-electron chi connectivity index (χ2n) is 4.49. The molecule has 0 atom stereocenters. The summed E-state index contributed by atoms with van der Waals surface area (Å²) in [5.74, 6) is 1.10. The van der Waals surface area contributed by atoms with E-state index in [0.717, 1.165) is 21.9 Å². The molecule has 21 heavy (non-hydrogen) atoms. The maximum Gasteiger partial charge on any atom is 0.248 e. The van der Waals surface area contributed by atoms with E-state index in [1.54, 1.807) is 23.9 Å². The number of amides is 1. The zero-order valence-electron chi connectivity index (χ0n) is 11.8. The highest BCUT2D eigenvalue weighted by Crippen LogP contribution is 2.31. The smallest absolute Gasteiger partial charge is 0.248 e. The number of ether oxygens (including phenoxy) is 1. The lowest BCUT2D eigenvalue weighted by Crippen LogP contribution is -2.10. The topological polar surface area (TPSA) is 78.3 Å². The predicted molar refractivity (Wildman–Crippen MR) is 86.5 cm³/mol. The number of hydrogen-bond donors (Lipinski definition) is 2. The quantitative estimate of drug-likeness (QED) is 0.635. The number of carbonyl (C=O) groups is 1. The molecule has 0 saturated heterocycles. The Morgan fingerprint density at radius 1 is 1.24 bits per heavy atom. The van der Waals surface area contributed by atoms with Crippen molar-refractivity contribution in [2.24, 2.45) is 5.73 Å².